The van der Waals surface area contributed by atoms with Crippen molar-refractivity contribution in [1.29, 1.82) is 0 Å². The summed E-state index contributed by atoms with van der Waals surface area (Å²) < 4.78 is 0. The van der Waals surface area contributed by atoms with E-state index in [1.807, 2.05) is 0 Å². The quantitative estimate of drug-likeness (QED) is 0.514. The van der Waals surface area contributed by atoms with Crippen LogP contribution in [0.3, 0.4) is 0 Å². The van der Waals surface area contributed by atoms with E-state index in [2.05, 4.69) is 18.3 Å². The summed E-state index contributed by atoms with van der Waals surface area (Å²) in [5, 5.41) is 0. The van der Waals surface area contributed by atoms with Gasteiger partial charge in [-0.05, 0) is 6.72 Å². The molecule has 0 aliphatic heterocycles. The Labute approximate surface area is 43.7 Å². The minimum atomic E-state index is 0.674. The summed E-state index contributed by atoms with van der Waals surface area (Å²) in [5.41, 5.74) is 5.87. The Morgan fingerprint density at radius 3 is 2.43 bits per heavy atom. The van der Waals surface area contributed by atoms with Crippen molar-refractivity contribution in [2.75, 3.05) is 6.54 Å². The van der Waals surface area contributed by atoms with Gasteiger partial charge in [-0.2, -0.15) is 0 Å². The molecule has 2 N–H and O–H groups in total. The maximum absolute atomic E-state index is 5.20. The second-order valence-electron chi connectivity index (χ2n) is 1.36. The molecule has 0 aromatic carbocycles. The number of hydrogen-bond donors (Lipinski definition) is 1. The molecule has 0 saturated heterocycles. The summed E-state index contributed by atoms with van der Waals surface area (Å²) in [6.07, 6.45) is 0.753. The van der Waals surface area contributed by atoms with E-state index in [-0.39, 0.29) is 0 Å². The molecular formula is C5H10N2. The highest BCUT2D eigenvalue weighted by atomic mass is 14.7. The Hall–Kier alpha value is -0.790. The largest absolute Gasteiger partial charge is 0.402 e. The fourth-order valence-corrected chi connectivity index (χ4v) is 0.223. The highest BCUT2D eigenvalue weighted by molar-refractivity contribution is 5.23. The summed E-state index contributed by atoms with van der Waals surface area (Å²) >= 11 is 0. The van der Waals surface area contributed by atoms with Gasteiger partial charge in [0.1, 0.15) is 0 Å². The lowest BCUT2D eigenvalue weighted by molar-refractivity contribution is 0.948. The first-order chi connectivity index (χ1) is 3.27. The first-order valence-corrected chi connectivity index (χ1v) is 2.13. The molecule has 0 aliphatic carbocycles. The minimum Gasteiger partial charge on any atom is -0.402 e. The van der Waals surface area contributed by atoms with Gasteiger partial charge < -0.3 is 10.7 Å². The van der Waals surface area contributed by atoms with Gasteiger partial charge in [0, 0.05) is 18.7 Å². The molecule has 0 rings (SSSR count). The van der Waals surface area contributed by atoms with Crippen molar-refractivity contribution in [3.05, 3.63) is 12.3 Å². The molecule has 0 spiro atoms. The molecule has 0 fully saturated rings. The molecule has 0 heterocycles. The third kappa shape index (κ3) is 5.21. The molecular weight excluding hydrogens is 88.1 g/mol. The zero-order valence-corrected chi connectivity index (χ0v) is 4.35. The summed E-state index contributed by atoms with van der Waals surface area (Å²) in [7, 11) is 0. The second kappa shape index (κ2) is 3.40. The average Bonchev–Trinajstić information content (AvgIpc) is 1.61. The second-order valence-corrected chi connectivity index (χ2v) is 1.36. The molecule has 0 saturated carbocycles. The highest BCUT2D eigenvalue weighted by Gasteiger charge is 1.79. The predicted molar refractivity (Wildman–Crippen MR) is 32.4 cm³/mol. The normalized spacial score (nSPS) is 8.00. The Morgan fingerprint density at radius 2 is 2.29 bits per heavy atom. The zero-order chi connectivity index (χ0) is 5.70. The molecule has 0 amide bonds. The SMILES string of the molecule is C=NCCC(=C)N. The Balaban J connectivity index is 2.97. The lowest BCUT2D eigenvalue weighted by atomic mass is 10.4. The van der Waals surface area contributed by atoms with Crippen LogP contribution in [0.4, 0.5) is 0 Å². The van der Waals surface area contributed by atoms with Crippen molar-refractivity contribution in [1.82, 2.24) is 0 Å². The lowest BCUT2D eigenvalue weighted by Gasteiger charge is -1.89. The smallest absolute Gasteiger partial charge is 0.0436 e. The fraction of sp³-hybridized carbons (Fsp3) is 0.400. The monoisotopic (exact) mass is 98.1 g/mol. The van der Waals surface area contributed by atoms with E-state index in [0.29, 0.717) is 12.2 Å². The zero-order valence-electron chi connectivity index (χ0n) is 4.35. The van der Waals surface area contributed by atoms with Gasteiger partial charge in [-0.15, -0.1) is 0 Å². The van der Waals surface area contributed by atoms with E-state index in [4.69, 9.17) is 5.73 Å². The van der Waals surface area contributed by atoms with Crippen molar-refractivity contribution < 1.29 is 0 Å². The van der Waals surface area contributed by atoms with Gasteiger partial charge in [-0.3, -0.25) is 0 Å². The van der Waals surface area contributed by atoms with E-state index in [1.54, 1.807) is 0 Å². The van der Waals surface area contributed by atoms with E-state index in [0.717, 1.165) is 6.42 Å². The summed E-state index contributed by atoms with van der Waals surface area (Å²) in [6, 6.07) is 0. The van der Waals surface area contributed by atoms with Crippen LogP contribution in [-0.4, -0.2) is 13.3 Å². The van der Waals surface area contributed by atoms with Crippen molar-refractivity contribution in [2.24, 2.45) is 10.7 Å². The first kappa shape index (κ1) is 6.21. The number of nitrogens with two attached hydrogens (primary N) is 1. The maximum atomic E-state index is 5.20. The van der Waals surface area contributed by atoms with Crippen LogP contribution >= 0.6 is 0 Å². The molecule has 0 bridgehead atoms. The van der Waals surface area contributed by atoms with Crippen LogP contribution < -0.4 is 5.73 Å². The minimum absolute atomic E-state index is 0.674. The van der Waals surface area contributed by atoms with Crippen LogP contribution in [0, 0.1) is 0 Å². The van der Waals surface area contributed by atoms with E-state index >= 15 is 0 Å². The molecule has 0 aromatic rings. The summed E-state index contributed by atoms with van der Waals surface area (Å²) in [6.45, 7) is 7.46. The lowest BCUT2D eigenvalue weighted by Crippen LogP contribution is -1.95. The molecule has 2 nitrogen and oxygen atoms in total. The number of rotatable bonds is 3. The summed E-state index contributed by atoms with van der Waals surface area (Å²) in [4.78, 5) is 3.58. The third-order valence-electron chi connectivity index (χ3n) is 0.591. The molecule has 0 aliphatic rings. The van der Waals surface area contributed by atoms with Crippen LogP contribution in [-0.2, 0) is 0 Å². The van der Waals surface area contributed by atoms with E-state index < -0.39 is 0 Å². The van der Waals surface area contributed by atoms with Gasteiger partial charge in [-0.25, -0.2) is 0 Å². The molecule has 0 aromatic heterocycles. The number of hydrogen-bond acceptors (Lipinski definition) is 2. The maximum Gasteiger partial charge on any atom is 0.0436 e. The standard InChI is InChI=1S/C5H10N2/c1-5(6)3-4-7-2/h1-4,6H2. The van der Waals surface area contributed by atoms with Gasteiger partial charge in [-0.1, -0.05) is 6.58 Å². The fourth-order valence-electron chi connectivity index (χ4n) is 0.223. The molecule has 0 unspecified atom stereocenters. The van der Waals surface area contributed by atoms with Crippen molar-refractivity contribution in [2.45, 2.75) is 6.42 Å². The Bertz CT molecular complexity index is 76.1. The first-order valence-electron chi connectivity index (χ1n) is 2.13. The highest BCUT2D eigenvalue weighted by Crippen LogP contribution is 1.85. The van der Waals surface area contributed by atoms with E-state index in [1.165, 1.54) is 0 Å². The van der Waals surface area contributed by atoms with Crippen LogP contribution in [0.1, 0.15) is 6.42 Å². The molecule has 0 radical (unpaired) electrons. The van der Waals surface area contributed by atoms with Crippen LogP contribution in [0.25, 0.3) is 0 Å². The predicted octanol–water partition coefficient (Wildman–Crippen LogP) is 0.550. The topological polar surface area (TPSA) is 38.4 Å². The van der Waals surface area contributed by atoms with Crippen molar-refractivity contribution in [3.63, 3.8) is 0 Å². The molecule has 0 atom stereocenters. The van der Waals surface area contributed by atoms with Crippen molar-refractivity contribution >= 4 is 6.72 Å². The van der Waals surface area contributed by atoms with Crippen LogP contribution in [0.2, 0.25) is 0 Å². The Morgan fingerprint density at radius 1 is 1.71 bits per heavy atom. The van der Waals surface area contributed by atoms with Gasteiger partial charge >= 0.3 is 0 Å². The van der Waals surface area contributed by atoms with Gasteiger partial charge in [0.05, 0.1) is 0 Å². The van der Waals surface area contributed by atoms with Crippen LogP contribution in [0.15, 0.2) is 17.3 Å². The third-order valence-corrected chi connectivity index (χ3v) is 0.591. The molecule has 7 heavy (non-hydrogen) atoms. The molecule has 2 heteroatoms. The van der Waals surface area contributed by atoms with Crippen LogP contribution in [0.5, 0.6) is 0 Å². The number of aliphatic imine (C=N–C) groups is 1. The average molecular weight is 98.1 g/mol. The number of nitrogens with zero attached hydrogens (tertiary/aromatic N) is 1. The summed E-state index contributed by atoms with van der Waals surface area (Å²) in [5.74, 6) is 0. The van der Waals surface area contributed by atoms with Crippen molar-refractivity contribution in [3.8, 4) is 0 Å². The molecule has 40 valence electrons. The van der Waals surface area contributed by atoms with Gasteiger partial charge in [0.2, 0.25) is 0 Å². The van der Waals surface area contributed by atoms with Gasteiger partial charge in [0.15, 0.2) is 0 Å². The van der Waals surface area contributed by atoms with E-state index in [9.17, 15) is 0 Å². The van der Waals surface area contributed by atoms with Gasteiger partial charge in [0.25, 0.3) is 0 Å². The Kier molecular flexibility index (Phi) is 3.02.